The Morgan fingerprint density at radius 1 is 1.27 bits per heavy atom. The van der Waals surface area contributed by atoms with Gasteiger partial charge in [0.05, 0.1) is 24.9 Å². The summed E-state index contributed by atoms with van der Waals surface area (Å²) in [4.78, 5) is 7.32. The van der Waals surface area contributed by atoms with Crippen molar-refractivity contribution in [3.8, 4) is 0 Å². The average Bonchev–Trinajstić information content (AvgIpc) is 3.29. The maximum atomic E-state index is 6.03. The highest BCUT2D eigenvalue weighted by Gasteiger charge is 2.32. The number of morpholine rings is 1. The third-order valence-corrected chi connectivity index (χ3v) is 5.31. The van der Waals surface area contributed by atoms with Gasteiger partial charge in [0, 0.05) is 37.7 Å². The lowest BCUT2D eigenvalue weighted by Gasteiger charge is -2.35. The molecule has 0 bridgehead atoms. The molecule has 2 saturated heterocycles. The highest BCUT2D eigenvalue weighted by molar-refractivity contribution is 5.79. The standard InChI is InChI=1S/C19H33N5O2/c1-4-17-16(18(5-2)26-23-17)11-22-19(20-6-3)21-10-15-12-24-9-7-8-14(24)13-25-15/h14-15H,4-13H2,1-3H3,(H2,20,21,22). The zero-order valence-electron chi connectivity index (χ0n) is 16.4. The largest absolute Gasteiger partial charge is 0.373 e. The normalized spacial score (nSPS) is 23.9. The number of aromatic nitrogens is 1. The first-order valence-corrected chi connectivity index (χ1v) is 10.1. The smallest absolute Gasteiger partial charge is 0.191 e. The van der Waals surface area contributed by atoms with Crippen molar-refractivity contribution < 1.29 is 9.26 Å². The SMILES string of the molecule is CCNC(=NCc1c(CC)noc1CC)NCC1CN2CCCC2CO1. The number of hydrogen-bond donors (Lipinski definition) is 2. The van der Waals surface area contributed by atoms with E-state index in [1.807, 2.05) is 0 Å². The third-order valence-electron chi connectivity index (χ3n) is 5.31. The van der Waals surface area contributed by atoms with Gasteiger partial charge < -0.3 is 19.9 Å². The van der Waals surface area contributed by atoms with Gasteiger partial charge in [0.2, 0.25) is 0 Å². The molecule has 2 N–H and O–H groups in total. The van der Waals surface area contributed by atoms with E-state index in [1.54, 1.807) is 0 Å². The molecule has 2 aliphatic heterocycles. The van der Waals surface area contributed by atoms with Crippen LogP contribution in [0, 0.1) is 0 Å². The van der Waals surface area contributed by atoms with E-state index in [1.165, 1.54) is 19.4 Å². The van der Waals surface area contributed by atoms with Crippen molar-refractivity contribution >= 4 is 5.96 Å². The van der Waals surface area contributed by atoms with Crippen molar-refractivity contribution in [2.24, 2.45) is 4.99 Å². The van der Waals surface area contributed by atoms with E-state index >= 15 is 0 Å². The molecular weight excluding hydrogens is 330 g/mol. The topological polar surface area (TPSA) is 74.9 Å². The number of nitrogens with zero attached hydrogens (tertiary/aromatic N) is 3. The van der Waals surface area contributed by atoms with E-state index in [2.05, 4.69) is 41.5 Å². The molecule has 2 fully saturated rings. The molecule has 0 amide bonds. The van der Waals surface area contributed by atoms with Crippen LogP contribution in [0.15, 0.2) is 9.52 Å². The Labute approximate surface area is 156 Å². The fraction of sp³-hybridized carbons (Fsp3) is 0.789. The van der Waals surface area contributed by atoms with E-state index in [0.717, 1.165) is 62.1 Å². The number of nitrogens with one attached hydrogen (secondary N) is 2. The molecule has 1 aromatic heterocycles. The van der Waals surface area contributed by atoms with E-state index in [0.29, 0.717) is 12.6 Å². The molecular formula is C19H33N5O2. The predicted octanol–water partition coefficient (Wildman–Crippen LogP) is 1.72. The second-order valence-corrected chi connectivity index (χ2v) is 7.06. The Kier molecular flexibility index (Phi) is 6.91. The summed E-state index contributed by atoms with van der Waals surface area (Å²) in [6.07, 6.45) is 4.51. The second kappa shape index (κ2) is 9.37. The third kappa shape index (κ3) is 4.57. The van der Waals surface area contributed by atoms with Crippen molar-refractivity contribution in [1.82, 2.24) is 20.7 Å². The van der Waals surface area contributed by atoms with Crippen LogP contribution >= 0.6 is 0 Å². The van der Waals surface area contributed by atoms with Gasteiger partial charge in [-0.05, 0) is 32.7 Å². The van der Waals surface area contributed by atoms with Crippen LogP contribution in [0.3, 0.4) is 0 Å². The molecule has 2 atom stereocenters. The lowest BCUT2D eigenvalue weighted by molar-refractivity contribution is -0.0453. The minimum atomic E-state index is 0.223. The minimum absolute atomic E-state index is 0.223. The number of aryl methyl sites for hydroxylation is 2. The van der Waals surface area contributed by atoms with Gasteiger partial charge in [-0.2, -0.15) is 0 Å². The molecule has 7 nitrogen and oxygen atoms in total. The number of aliphatic imine (C=N–C) groups is 1. The van der Waals surface area contributed by atoms with Crippen LogP contribution in [-0.2, 0) is 24.1 Å². The highest BCUT2D eigenvalue weighted by atomic mass is 16.5. The number of fused-ring (bicyclic) bond motifs is 1. The molecule has 1 aromatic rings. The highest BCUT2D eigenvalue weighted by Crippen LogP contribution is 2.22. The molecule has 2 aliphatic rings. The average molecular weight is 364 g/mol. The molecule has 0 spiro atoms. The van der Waals surface area contributed by atoms with Gasteiger partial charge in [-0.25, -0.2) is 4.99 Å². The first-order valence-electron chi connectivity index (χ1n) is 10.1. The van der Waals surface area contributed by atoms with Crippen molar-refractivity contribution in [2.45, 2.75) is 65.1 Å². The van der Waals surface area contributed by atoms with Gasteiger partial charge in [-0.15, -0.1) is 0 Å². The summed E-state index contributed by atoms with van der Waals surface area (Å²) in [7, 11) is 0. The van der Waals surface area contributed by atoms with Crippen LogP contribution in [0.25, 0.3) is 0 Å². The van der Waals surface area contributed by atoms with Gasteiger partial charge in [0.1, 0.15) is 5.76 Å². The molecule has 26 heavy (non-hydrogen) atoms. The first-order chi connectivity index (χ1) is 12.7. The zero-order valence-corrected chi connectivity index (χ0v) is 16.4. The number of hydrogen-bond acceptors (Lipinski definition) is 5. The van der Waals surface area contributed by atoms with Crippen molar-refractivity contribution in [3.05, 3.63) is 17.0 Å². The van der Waals surface area contributed by atoms with Crippen LogP contribution in [0.2, 0.25) is 0 Å². The van der Waals surface area contributed by atoms with Crippen LogP contribution in [0.4, 0.5) is 0 Å². The Balaban J connectivity index is 1.56. The fourth-order valence-corrected chi connectivity index (χ4v) is 3.84. The first kappa shape index (κ1) is 19.2. The van der Waals surface area contributed by atoms with Crippen LogP contribution in [0.1, 0.15) is 50.6 Å². The Morgan fingerprint density at radius 3 is 2.92 bits per heavy atom. The second-order valence-electron chi connectivity index (χ2n) is 7.06. The van der Waals surface area contributed by atoms with Gasteiger partial charge >= 0.3 is 0 Å². The molecule has 0 aliphatic carbocycles. The zero-order chi connectivity index (χ0) is 18.4. The Hall–Kier alpha value is -1.60. The maximum Gasteiger partial charge on any atom is 0.191 e. The van der Waals surface area contributed by atoms with Gasteiger partial charge in [0.15, 0.2) is 5.96 Å². The number of guanidine groups is 1. The molecule has 0 radical (unpaired) electrons. The molecule has 146 valence electrons. The summed E-state index contributed by atoms with van der Waals surface area (Å²) in [5.41, 5.74) is 2.14. The van der Waals surface area contributed by atoms with Crippen molar-refractivity contribution in [2.75, 3.05) is 32.8 Å². The van der Waals surface area contributed by atoms with Crippen LogP contribution in [-0.4, -0.2) is 60.9 Å². The summed E-state index contributed by atoms with van der Waals surface area (Å²) in [6, 6.07) is 0.640. The van der Waals surface area contributed by atoms with Crippen molar-refractivity contribution in [1.29, 1.82) is 0 Å². The summed E-state index contributed by atoms with van der Waals surface area (Å²) in [5, 5.41) is 10.9. The lowest BCUT2D eigenvalue weighted by Crippen LogP contribution is -2.51. The lowest BCUT2D eigenvalue weighted by atomic mass is 10.1. The van der Waals surface area contributed by atoms with E-state index in [-0.39, 0.29) is 6.10 Å². The van der Waals surface area contributed by atoms with Gasteiger partial charge in [-0.3, -0.25) is 4.90 Å². The van der Waals surface area contributed by atoms with E-state index < -0.39 is 0 Å². The quantitative estimate of drug-likeness (QED) is 0.568. The molecule has 7 heteroatoms. The minimum Gasteiger partial charge on any atom is -0.373 e. The summed E-state index contributed by atoms with van der Waals surface area (Å²) in [6.45, 7) is 11.6. The van der Waals surface area contributed by atoms with Crippen LogP contribution in [0.5, 0.6) is 0 Å². The number of ether oxygens (including phenoxy) is 1. The van der Waals surface area contributed by atoms with Crippen LogP contribution < -0.4 is 10.6 Å². The monoisotopic (exact) mass is 363 g/mol. The Bertz CT molecular complexity index is 579. The fourth-order valence-electron chi connectivity index (χ4n) is 3.84. The molecule has 0 aromatic carbocycles. The molecule has 3 rings (SSSR count). The Morgan fingerprint density at radius 2 is 2.15 bits per heavy atom. The summed E-state index contributed by atoms with van der Waals surface area (Å²) in [5.74, 6) is 1.77. The van der Waals surface area contributed by atoms with E-state index in [9.17, 15) is 0 Å². The predicted molar refractivity (Wildman–Crippen MR) is 102 cm³/mol. The van der Waals surface area contributed by atoms with Gasteiger partial charge in [-0.1, -0.05) is 19.0 Å². The van der Waals surface area contributed by atoms with Crippen molar-refractivity contribution in [3.63, 3.8) is 0 Å². The summed E-state index contributed by atoms with van der Waals surface area (Å²) >= 11 is 0. The summed E-state index contributed by atoms with van der Waals surface area (Å²) < 4.78 is 11.5. The number of rotatable bonds is 7. The molecule has 0 saturated carbocycles. The molecule has 2 unspecified atom stereocenters. The van der Waals surface area contributed by atoms with E-state index in [4.69, 9.17) is 14.3 Å². The maximum absolute atomic E-state index is 6.03. The van der Waals surface area contributed by atoms with Gasteiger partial charge in [0.25, 0.3) is 0 Å². The molecule has 3 heterocycles.